The summed E-state index contributed by atoms with van der Waals surface area (Å²) in [6, 6.07) is 11.6. The normalized spacial score (nSPS) is 14.7. The number of aryl methyl sites for hydroxylation is 1. The van der Waals surface area contributed by atoms with Crippen LogP contribution in [-0.4, -0.2) is 52.5 Å². The summed E-state index contributed by atoms with van der Waals surface area (Å²) in [4.78, 5) is 40.1. The summed E-state index contributed by atoms with van der Waals surface area (Å²) in [5.74, 6) is 0.0415. The molecule has 1 aliphatic heterocycles. The molecule has 0 bridgehead atoms. The second-order valence-corrected chi connectivity index (χ2v) is 11.3. The molecule has 2 amide bonds. The number of carbonyl (C=O) groups is 2. The number of aliphatic imine (C=N–C) groups is 1. The Morgan fingerprint density at radius 1 is 1.17 bits per heavy atom. The molecule has 1 atom stereocenters. The SMILES string of the molecule is CC1CCc2cc(F)c(N(C(=O)OC(C)(C)C)c3ccnc(-c4cccc(OCC(=O)NC(C)C)c4)n3)cc2C=N1. The van der Waals surface area contributed by atoms with E-state index in [1.54, 1.807) is 57.3 Å². The fourth-order valence-electron chi connectivity index (χ4n) is 4.25. The minimum atomic E-state index is -0.836. The lowest BCUT2D eigenvalue weighted by atomic mass is 10.0. The Morgan fingerprint density at radius 3 is 2.68 bits per heavy atom. The van der Waals surface area contributed by atoms with Crippen LogP contribution in [0.3, 0.4) is 0 Å². The zero-order valence-corrected chi connectivity index (χ0v) is 24.3. The zero-order chi connectivity index (χ0) is 29.7. The molecular weight excluding hydrogens is 525 g/mol. The summed E-state index contributed by atoms with van der Waals surface area (Å²) in [6.07, 6.45) is 3.91. The number of benzene rings is 2. The molecule has 0 saturated carbocycles. The molecule has 216 valence electrons. The minimum absolute atomic E-state index is 0.00161. The molecule has 1 unspecified atom stereocenters. The summed E-state index contributed by atoms with van der Waals surface area (Å²) in [5.41, 5.74) is 1.31. The van der Waals surface area contributed by atoms with Crippen molar-refractivity contribution in [2.45, 2.75) is 72.1 Å². The van der Waals surface area contributed by atoms with Gasteiger partial charge in [0, 0.05) is 30.1 Å². The molecule has 0 radical (unpaired) electrons. The highest BCUT2D eigenvalue weighted by Gasteiger charge is 2.29. The van der Waals surface area contributed by atoms with Crippen LogP contribution < -0.4 is 15.0 Å². The fourth-order valence-corrected chi connectivity index (χ4v) is 4.25. The van der Waals surface area contributed by atoms with Gasteiger partial charge in [0.05, 0.1) is 5.69 Å². The number of hydrogen-bond acceptors (Lipinski definition) is 7. The van der Waals surface area contributed by atoms with Gasteiger partial charge in [-0.1, -0.05) is 12.1 Å². The van der Waals surface area contributed by atoms with E-state index in [0.717, 1.165) is 22.4 Å². The number of anilines is 2. The number of nitrogens with one attached hydrogen (secondary N) is 1. The molecule has 9 nitrogen and oxygen atoms in total. The van der Waals surface area contributed by atoms with Crippen molar-refractivity contribution < 1.29 is 23.5 Å². The number of rotatable bonds is 7. The molecule has 1 aromatic heterocycles. The minimum Gasteiger partial charge on any atom is -0.484 e. The van der Waals surface area contributed by atoms with Crippen LogP contribution in [0.2, 0.25) is 0 Å². The number of halogens is 1. The third-order valence-electron chi connectivity index (χ3n) is 6.11. The van der Waals surface area contributed by atoms with E-state index in [1.807, 2.05) is 20.8 Å². The van der Waals surface area contributed by atoms with Gasteiger partial charge in [-0.05, 0) is 95.8 Å². The number of nitrogens with zero attached hydrogens (tertiary/aromatic N) is 4. The van der Waals surface area contributed by atoms with Crippen molar-refractivity contribution in [1.82, 2.24) is 15.3 Å². The molecule has 2 heterocycles. The Hall–Kier alpha value is -4.34. The van der Waals surface area contributed by atoms with Crippen LogP contribution in [0.1, 0.15) is 59.1 Å². The van der Waals surface area contributed by atoms with E-state index in [9.17, 15) is 9.59 Å². The first-order valence-electron chi connectivity index (χ1n) is 13.6. The maximum atomic E-state index is 15.7. The van der Waals surface area contributed by atoms with Crippen LogP contribution in [0.25, 0.3) is 11.4 Å². The Morgan fingerprint density at radius 2 is 1.95 bits per heavy atom. The van der Waals surface area contributed by atoms with Gasteiger partial charge in [0.2, 0.25) is 0 Å². The molecule has 3 aromatic rings. The number of fused-ring (bicyclic) bond motifs is 1. The standard InChI is InChI=1S/C31H36FN5O4/c1-19(2)35-28(38)18-40-24-9-7-8-22(14-24)29-33-13-12-27(36-29)37(30(39)41-31(4,5)6)26-16-23-17-34-20(3)10-11-21(23)15-25(26)32/h7-9,12-17,19-20H,10-11,18H2,1-6H3,(H,35,38). The first kappa shape index (κ1) is 29.6. The van der Waals surface area contributed by atoms with Crippen molar-refractivity contribution in [2.75, 3.05) is 11.5 Å². The Kier molecular flexibility index (Phi) is 9.00. The Balaban J connectivity index is 1.71. The highest BCUT2D eigenvalue weighted by Crippen LogP contribution is 2.33. The molecule has 41 heavy (non-hydrogen) atoms. The zero-order valence-electron chi connectivity index (χ0n) is 24.3. The lowest BCUT2D eigenvalue weighted by Crippen LogP contribution is -2.35. The second-order valence-electron chi connectivity index (χ2n) is 11.3. The maximum Gasteiger partial charge on any atom is 0.420 e. The third-order valence-corrected chi connectivity index (χ3v) is 6.11. The molecule has 4 rings (SSSR count). The lowest BCUT2D eigenvalue weighted by molar-refractivity contribution is -0.123. The Labute approximate surface area is 239 Å². The van der Waals surface area contributed by atoms with Gasteiger partial charge in [-0.2, -0.15) is 0 Å². The van der Waals surface area contributed by atoms with Gasteiger partial charge in [-0.15, -0.1) is 0 Å². The number of hydrogen-bond donors (Lipinski definition) is 1. The van der Waals surface area contributed by atoms with Gasteiger partial charge >= 0.3 is 6.09 Å². The Bertz CT molecular complexity index is 1450. The number of amides is 2. The topological polar surface area (TPSA) is 106 Å². The first-order valence-corrected chi connectivity index (χ1v) is 13.6. The van der Waals surface area contributed by atoms with E-state index in [4.69, 9.17) is 9.47 Å². The molecule has 0 fully saturated rings. The second kappa shape index (κ2) is 12.4. The van der Waals surface area contributed by atoms with Crippen LogP contribution in [0.4, 0.5) is 20.7 Å². The van der Waals surface area contributed by atoms with Crippen LogP contribution in [0.15, 0.2) is 53.7 Å². The van der Waals surface area contributed by atoms with E-state index >= 15 is 4.39 Å². The predicted molar refractivity (Wildman–Crippen MR) is 156 cm³/mol. The molecular formula is C31H36FN5O4. The van der Waals surface area contributed by atoms with Gasteiger partial charge in [0.25, 0.3) is 5.91 Å². The van der Waals surface area contributed by atoms with Crippen molar-refractivity contribution in [1.29, 1.82) is 0 Å². The van der Waals surface area contributed by atoms with Crippen LogP contribution >= 0.6 is 0 Å². The van der Waals surface area contributed by atoms with Gasteiger partial charge in [0.15, 0.2) is 12.4 Å². The summed E-state index contributed by atoms with van der Waals surface area (Å²) in [7, 11) is 0. The molecule has 0 spiro atoms. The van der Waals surface area contributed by atoms with E-state index in [0.29, 0.717) is 17.7 Å². The molecule has 0 aliphatic carbocycles. The van der Waals surface area contributed by atoms with E-state index in [1.165, 1.54) is 18.3 Å². The monoisotopic (exact) mass is 561 g/mol. The summed E-state index contributed by atoms with van der Waals surface area (Å²) >= 11 is 0. The lowest BCUT2D eigenvalue weighted by Gasteiger charge is -2.27. The fraction of sp³-hybridized carbons (Fsp3) is 0.387. The van der Waals surface area contributed by atoms with Crippen molar-refractivity contribution in [3.05, 3.63) is 65.6 Å². The van der Waals surface area contributed by atoms with Gasteiger partial charge < -0.3 is 14.8 Å². The smallest absolute Gasteiger partial charge is 0.420 e. The van der Waals surface area contributed by atoms with Crippen LogP contribution in [0.5, 0.6) is 5.75 Å². The molecule has 0 saturated heterocycles. The molecule has 10 heteroatoms. The first-order chi connectivity index (χ1) is 19.4. The van der Waals surface area contributed by atoms with E-state index in [2.05, 4.69) is 20.3 Å². The summed E-state index contributed by atoms with van der Waals surface area (Å²) in [6.45, 7) is 10.8. The molecule has 1 aliphatic rings. The largest absolute Gasteiger partial charge is 0.484 e. The average Bonchev–Trinajstić information content (AvgIpc) is 3.07. The van der Waals surface area contributed by atoms with Crippen molar-refractivity contribution in [3.8, 4) is 17.1 Å². The highest BCUT2D eigenvalue weighted by atomic mass is 19.1. The predicted octanol–water partition coefficient (Wildman–Crippen LogP) is 6.01. The van der Waals surface area contributed by atoms with Gasteiger partial charge in [-0.25, -0.2) is 24.1 Å². The van der Waals surface area contributed by atoms with Gasteiger partial charge in [-0.3, -0.25) is 9.79 Å². The summed E-state index contributed by atoms with van der Waals surface area (Å²) < 4.78 is 27.0. The number of carbonyl (C=O) groups excluding carboxylic acids is 2. The quantitative estimate of drug-likeness (QED) is 0.379. The summed E-state index contributed by atoms with van der Waals surface area (Å²) in [5, 5.41) is 2.77. The van der Waals surface area contributed by atoms with E-state index in [-0.39, 0.29) is 41.9 Å². The molecule has 2 aromatic carbocycles. The highest BCUT2D eigenvalue weighted by molar-refractivity contribution is 5.97. The van der Waals surface area contributed by atoms with Crippen LogP contribution in [-0.2, 0) is 16.0 Å². The van der Waals surface area contributed by atoms with Crippen molar-refractivity contribution in [2.24, 2.45) is 4.99 Å². The third kappa shape index (κ3) is 7.87. The average molecular weight is 562 g/mol. The van der Waals surface area contributed by atoms with E-state index < -0.39 is 17.5 Å². The van der Waals surface area contributed by atoms with Crippen LogP contribution in [0, 0.1) is 5.82 Å². The number of aromatic nitrogens is 2. The maximum absolute atomic E-state index is 15.7. The number of ether oxygens (including phenoxy) is 2. The van der Waals surface area contributed by atoms with Crippen molar-refractivity contribution >= 4 is 29.7 Å². The van der Waals surface area contributed by atoms with Crippen molar-refractivity contribution in [3.63, 3.8) is 0 Å². The molecule has 1 N–H and O–H groups in total. The van der Waals surface area contributed by atoms with Gasteiger partial charge in [0.1, 0.15) is 23.0 Å².